The first kappa shape index (κ1) is 22.0. The highest BCUT2D eigenvalue weighted by molar-refractivity contribution is 6.33. The fraction of sp³-hybridized carbons (Fsp3) is 0.125. The van der Waals surface area contributed by atoms with Gasteiger partial charge in [0.25, 0.3) is 11.5 Å². The lowest BCUT2D eigenvalue weighted by Crippen LogP contribution is -2.35. The zero-order chi connectivity index (χ0) is 23.0. The molecule has 8 heteroatoms. The molecule has 0 fully saturated rings. The third kappa shape index (κ3) is 3.87. The Labute approximate surface area is 193 Å². The van der Waals surface area contributed by atoms with Crippen molar-refractivity contribution >= 4 is 40.0 Å². The van der Waals surface area contributed by atoms with Crippen molar-refractivity contribution in [3.63, 3.8) is 0 Å². The molecule has 1 unspecified atom stereocenters. The van der Waals surface area contributed by atoms with Crippen LogP contribution in [0.5, 0.6) is 0 Å². The molecule has 162 valence electrons. The molecule has 1 amide bonds. The molecule has 0 radical (unpaired) electrons. The summed E-state index contributed by atoms with van der Waals surface area (Å²) >= 11 is 12.2. The predicted molar refractivity (Wildman–Crippen MR) is 124 cm³/mol. The smallest absolute Gasteiger partial charge is 0.266 e. The van der Waals surface area contributed by atoms with Crippen molar-refractivity contribution < 1.29 is 9.18 Å². The van der Waals surface area contributed by atoms with E-state index in [-0.39, 0.29) is 16.5 Å². The second-order valence-electron chi connectivity index (χ2n) is 7.30. The van der Waals surface area contributed by atoms with E-state index in [0.29, 0.717) is 33.0 Å². The fourth-order valence-corrected chi connectivity index (χ4v) is 3.87. The molecular weight excluding hydrogens is 452 g/mol. The number of para-hydroxylation sites is 1. The summed E-state index contributed by atoms with van der Waals surface area (Å²) in [6.07, 6.45) is 0. The summed E-state index contributed by atoms with van der Waals surface area (Å²) in [7, 11) is 1.61. The number of aromatic nitrogens is 2. The van der Waals surface area contributed by atoms with Crippen LogP contribution in [0, 0.1) is 5.82 Å². The standard InChI is InChI=1S/C24H18Cl2FN3O2/c1-14(29(2)23(31)16-7-3-5-9-18(16)25)22-28-21-10-6-4-8-17(21)24(32)30(22)15-11-12-20(27)19(26)13-15/h3-14H,1-2H3. The van der Waals surface area contributed by atoms with Crippen LogP contribution in [0.4, 0.5) is 4.39 Å². The normalized spacial score (nSPS) is 12.0. The number of nitrogens with zero attached hydrogens (tertiary/aromatic N) is 3. The first-order chi connectivity index (χ1) is 15.3. The molecule has 4 rings (SSSR count). The molecule has 0 saturated carbocycles. The lowest BCUT2D eigenvalue weighted by molar-refractivity contribution is 0.0735. The molecule has 3 aromatic carbocycles. The minimum Gasteiger partial charge on any atom is -0.332 e. The van der Waals surface area contributed by atoms with Crippen molar-refractivity contribution in [1.29, 1.82) is 0 Å². The van der Waals surface area contributed by atoms with Crippen LogP contribution in [-0.4, -0.2) is 27.4 Å². The number of halogens is 3. The Bertz CT molecular complexity index is 1400. The first-order valence-electron chi connectivity index (χ1n) is 9.78. The third-order valence-electron chi connectivity index (χ3n) is 5.34. The molecule has 1 aromatic heterocycles. The Morgan fingerprint density at radius 1 is 1.03 bits per heavy atom. The summed E-state index contributed by atoms with van der Waals surface area (Å²) in [5, 5.41) is 0.594. The molecule has 1 heterocycles. The van der Waals surface area contributed by atoms with Crippen LogP contribution in [0.15, 0.2) is 71.5 Å². The van der Waals surface area contributed by atoms with Gasteiger partial charge in [-0.05, 0) is 49.4 Å². The minimum atomic E-state index is -0.625. The first-order valence-corrected chi connectivity index (χ1v) is 10.5. The number of carbonyl (C=O) groups is 1. The molecule has 0 aliphatic carbocycles. The molecule has 0 bridgehead atoms. The van der Waals surface area contributed by atoms with Gasteiger partial charge in [-0.15, -0.1) is 0 Å². The molecule has 5 nitrogen and oxygen atoms in total. The number of carbonyl (C=O) groups excluding carboxylic acids is 1. The van der Waals surface area contributed by atoms with Gasteiger partial charge < -0.3 is 4.90 Å². The maximum Gasteiger partial charge on any atom is 0.266 e. The number of benzene rings is 3. The Morgan fingerprint density at radius 3 is 2.44 bits per heavy atom. The molecule has 4 aromatic rings. The lowest BCUT2D eigenvalue weighted by atomic mass is 10.1. The van der Waals surface area contributed by atoms with Gasteiger partial charge in [0.05, 0.1) is 38.2 Å². The van der Waals surface area contributed by atoms with Gasteiger partial charge in [0, 0.05) is 7.05 Å². The monoisotopic (exact) mass is 469 g/mol. The van der Waals surface area contributed by atoms with Crippen LogP contribution < -0.4 is 5.56 Å². The SMILES string of the molecule is CC(c1nc2ccccc2c(=O)n1-c1ccc(F)c(Cl)c1)N(C)C(=O)c1ccccc1Cl. The molecule has 1 atom stereocenters. The number of hydrogen-bond acceptors (Lipinski definition) is 3. The van der Waals surface area contributed by atoms with Gasteiger partial charge in [0.15, 0.2) is 0 Å². The van der Waals surface area contributed by atoms with Gasteiger partial charge in [0.1, 0.15) is 11.6 Å². The van der Waals surface area contributed by atoms with E-state index >= 15 is 0 Å². The maximum atomic E-state index is 13.8. The quantitative estimate of drug-likeness (QED) is 0.387. The number of fused-ring (bicyclic) bond motifs is 1. The van der Waals surface area contributed by atoms with Crippen molar-refractivity contribution in [1.82, 2.24) is 14.5 Å². The highest BCUT2D eigenvalue weighted by Crippen LogP contribution is 2.26. The zero-order valence-corrected chi connectivity index (χ0v) is 18.7. The summed E-state index contributed by atoms with van der Waals surface area (Å²) in [5.74, 6) is -0.619. The van der Waals surface area contributed by atoms with E-state index in [2.05, 4.69) is 4.98 Å². The molecule has 32 heavy (non-hydrogen) atoms. The topological polar surface area (TPSA) is 55.2 Å². The second kappa shape index (κ2) is 8.73. The average Bonchev–Trinajstić information content (AvgIpc) is 2.80. The van der Waals surface area contributed by atoms with Crippen molar-refractivity contribution in [2.45, 2.75) is 13.0 Å². The van der Waals surface area contributed by atoms with Gasteiger partial charge >= 0.3 is 0 Å². The Balaban J connectivity index is 1.90. The highest BCUT2D eigenvalue weighted by Gasteiger charge is 2.26. The van der Waals surface area contributed by atoms with Crippen molar-refractivity contribution in [2.24, 2.45) is 0 Å². The van der Waals surface area contributed by atoms with E-state index in [4.69, 9.17) is 23.2 Å². The van der Waals surface area contributed by atoms with Gasteiger partial charge in [-0.25, -0.2) is 9.37 Å². The Kier molecular flexibility index (Phi) is 6.00. The third-order valence-corrected chi connectivity index (χ3v) is 5.96. The number of hydrogen-bond donors (Lipinski definition) is 0. The minimum absolute atomic E-state index is 0.123. The zero-order valence-electron chi connectivity index (χ0n) is 17.2. The van der Waals surface area contributed by atoms with E-state index in [1.165, 1.54) is 27.7 Å². The van der Waals surface area contributed by atoms with Crippen LogP contribution in [0.1, 0.15) is 29.1 Å². The van der Waals surface area contributed by atoms with Gasteiger partial charge in [-0.1, -0.05) is 47.5 Å². The van der Waals surface area contributed by atoms with Gasteiger partial charge in [-0.2, -0.15) is 0 Å². The van der Waals surface area contributed by atoms with Gasteiger partial charge in [0.2, 0.25) is 0 Å². The average molecular weight is 470 g/mol. The van der Waals surface area contributed by atoms with E-state index in [0.717, 1.165) is 0 Å². The number of amides is 1. The molecule has 0 aliphatic rings. The summed E-state index contributed by atoms with van der Waals surface area (Å²) in [6.45, 7) is 1.76. The molecule has 0 N–H and O–H groups in total. The van der Waals surface area contributed by atoms with E-state index in [1.54, 1.807) is 62.5 Å². The van der Waals surface area contributed by atoms with Crippen LogP contribution in [-0.2, 0) is 0 Å². The van der Waals surface area contributed by atoms with Crippen LogP contribution in [0.2, 0.25) is 10.0 Å². The summed E-state index contributed by atoms with van der Waals surface area (Å²) in [5.41, 5.74) is 0.823. The molecule has 0 spiro atoms. The number of rotatable bonds is 4. The summed E-state index contributed by atoms with van der Waals surface area (Å²) in [4.78, 5) is 32.7. The van der Waals surface area contributed by atoms with Crippen LogP contribution in [0.3, 0.4) is 0 Å². The van der Waals surface area contributed by atoms with Crippen LogP contribution >= 0.6 is 23.2 Å². The lowest BCUT2D eigenvalue weighted by Gasteiger charge is -2.27. The van der Waals surface area contributed by atoms with E-state index in [1.807, 2.05) is 0 Å². The molecular formula is C24H18Cl2FN3O2. The van der Waals surface area contributed by atoms with Crippen molar-refractivity contribution in [2.75, 3.05) is 7.05 Å². The van der Waals surface area contributed by atoms with E-state index < -0.39 is 11.9 Å². The predicted octanol–water partition coefficient (Wildman–Crippen LogP) is 5.66. The summed E-state index contributed by atoms with van der Waals surface area (Å²) < 4.78 is 15.1. The van der Waals surface area contributed by atoms with Crippen LogP contribution in [0.25, 0.3) is 16.6 Å². The maximum absolute atomic E-state index is 13.8. The van der Waals surface area contributed by atoms with Gasteiger partial charge in [-0.3, -0.25) is 14.2 Å². The van der Waals surface area contributed by atoms with Crippen molar-refractivity contribution in [3.05, 3.63) is 104 Å². The molecule has 0 aliphatic heterocycles. The second-order valence-corrected chi connectivity index (χ2v) is 8.11. The van der Waals surface area contributed by atoms with Crippen molar-refractivity contribution in [3.8, 4) is 5.69 Å². The Hall–Kier alpha value is -3.22. The Morgan fingerprint density at radius 2 is 1.72 bits per heavy atom. The highest BCUT2D eigenvalue weighted by atomic mass is 35.5. The fourth-order valence-electron chi connectivity index (χ4n) is 3.48. The largest absolute Gasteiger partial charge is 0.332 e. The summed E-state index contributed by atoms with van der Waals surface area (Å²) in [6, 6.07) is 17.0. The van der Waals surface area contributed by atoms with E-state index in [9.17, 15) is 14.0 Å². The molecule has 0 saturated heterocycles.